The van der Waals surface area contributed by atoms with Crippen LogP contribution >= 0.6 is 23.2 Å². The molecule has 18 heavy (non-hydrogen) atoms. The molecule has 2 aromatic rings. The van der Waals surface area contributed by atoms with Crippen molar-refractivity contribution in [2.75, 3.05) is 7.05 Å². The van der Waals surface area contributed by atoms with Crippen LogP contribution in [0.25, 0.3) is 0 Å². The van der Waals surface area contributed by atoms with Crippen LogP contribution in [-0.4, -0.2) is 16.8 Å². The minimum atomic E-state index is -0.0256. The summed E-state index contributed by atoms with van der Waals surface area (Å²) in [5, 5.41) is 8.76. The van der Waals surface area contributed by atoms with Gasteiger partial charge in [-0.1, -0.05) is 35.3 Å². The number of hydrogen-bond donors (Lipinski definition) is 1. The van der Waals surface area contributed by atoms with Crippen molar-refractivity contribution < 1.29 is 0 Å². The summed E-state index contributed by atoms with van der Waals surface area (Å²) in [5.74, 6) is 0. The van der Waals surface area contributed by atoms with E-state index in [0.29, 0.717) is 10.0 Å². The number of hydrogen-bond acceptors (Lipinski definition) is 2. The Morgan fingerprint density at radius 1 is 1.33 bits per heavy atom. The summed E-state index contributed by atoms with van der Waals surface area (Å²) in [6.07, 6.45) is 0. The average molecular weight is 284 g/mol. The van der Waals surface area contributed by atoms with Crippen molar-refractivity contribution in [1.82, 2.24) is 15.1 Å². The van der Waals surface area contributed by atoms with Crippen LogP contribution in [0.1, 0.15) is 23.0 Å². The first-order valence-electron chi connectivity index (χ1n) is 5.66. The van der Waals surface area contributed by atoms with Crippen LogP contribution < -0.4 is 5.32 Å². The van der Waals surface area contributed by atoms with Crippen molar-refractivity contribution in [1.29, 1.82) is 0 Å². The number of nitrogens with zero attached hydrogens (tertiary/aromatic N) is 2. The lowest BCUT2D eigenvalue weighted by Gasteiger charge is -2.18. The summed E-state index contributed by atoms with van der Waals surface area (Å²) in [5.41, 5.74) is 2.99. The van der Waals surface area contributed by atoms with Crippen molar-refractivity contribution in [3.8, 4) is 0 Å². The van der Waals surface area contributed by atoms with Gasteiger partial charge in [-0.3, -0.25) is 4.68 Å². The molecule has 1 aromatic carbocycles. The summed E-state index contributed by atoms with van der Waals surface area (Å²) in [4.78, 5) is 0. The number of rotatable bonds is 3. The third-order valence-electron chi connectivity index (χ3n) is 2.92. The smallest absolute Gasteiger partial charge is 0.0760 e. The van der Waals surface area contributed by atoms with E-state index in [4.69, 9.17) is 23.2 Å². The maximum absolute atomic E-state index is 6.27. The van der Waals surface area contributed by atoms with Gasteiger partial charge in [-0.25, -0.2) is 0 Å². The highest BCUT2D eigenvalue weighted by atomic mass is 35.5. The lowest BCUT2D eigenvalue weighted by Crippen LogP contribution is -2.21. The lowest BCUT2D eigenvalue weighted by molar-refractivity contribution is 0.605. The fourth-order valence-electron chi connectivity index (χ4n) is 2.11. The van der Waals surface area contributed by atoms with Crippen LogP contribution in [0.15, 0.2) is 24.3 Å². The van der Waals surface area contributed by atoms with Gasteiger partial charge in [0, 0.05) is 7.05 Å². The molecule has 1 aromatic heterocycles. The molecule has 96 valence electrons. The monoisotopic (exact) mass is 283 g/mol. The Balaban J connectivity index is 2.52. The Kier molecular flexibility index (Phi) is 3.95. The first kappa shape index (κ1) is 13.4. The summed E-state index contributed by atoms with van der Waals surface area (Å²) < 4.78 is 1.85. The standard InChI is InChI=1S/C13H15Cl2N3/c1-8-7-11(18(3)17-8)13(16-2)9-5-4-6-10(14)12(9)15/h4-7,13,16H,1-3H3. The molecule has 0 aliphatic carbocycles. The SMILES string of the molecule is CNC(c1cccc(Cl)c1Cl)c1cc(C)nn1C. The summed E-state index contributed by atoms with van der Waals surface area (Å²) in [6, 6.07) is 7.67. The molecule has 0 spiro atoms. The molecular weight excluding hydrogens is 269 g/mol. The number of nitrogens with one attached hydrogen (secondary N) is 1. The minimum absolute atomic E-state index is 0.0256. The summed E-state index contributed by atoms with van der Waals surface area (Å²) in [7, 11) is 3.81. The molecule has 1 unspecified atom stereocenters. The molecule has 0 aliphatic heterocycles. The molecule has 0 saturated heterocycles. The highest BCUT2D eigenvalue weighted by Crippen LogP contribution is 2.32. The Morgan fingerprint density at radius 3 is 2.61 bits per heavy atom. The molecule has 0 radical (unpaired) electrons. The maximum atomic E-state index is 6.27. The van der Waals surface area contributed by atoms with Gasteiger partial charge in [0.1, 0.15) is 0 Å². The number of aromatic nitrogens is 2. The van der Waals surface area contributed by atoms with Crippen LogP contribution in [0, 0.1) is 6.92 Å². The van der Waals surface area contributed by atoms with Gasteiger partial charge in [-0.05, 0) is 31.7 Å². The van der Waals surface area contributed by atoms with E-state index in [1.165, 1.54) is 0 Å². The molecule has 5 heteroatoms. The molecule has 3 nitrogen and oxygen atoms in total. The molecule has 2 rings (SSSR count). The van der Waals surface area contributed by atoms with Gasteiger partial charge in [0.05, 0.1) is 27.5 Å². The molecule has 1 heterocycles. The van der Waals surface area contributed by atoms with Gasteiger partial charge in [-0.2, -0.15) is 5.10 Å². The zero-order valence-corrected chi connectivity index (χ0v) is 12.0. The zero-order chi connectivity index (χ0) is 13.3. The topological polar surface area (TPSA) is 29.9 Å². The molecular formula is C13H15Cl2N3. The van der Waals surface area contributed by atoms with E-state index in [0.717, 1.165) is 17.0 Å². The van der Waals surface area contributed by atoms with Gasteiger partial charge >= 0.3 is 0 Å². The molecule has 0 saturated carbocycles. The fraction of sp³-hybridized carbons (Fsp3) is 0.308. The van der Waals surface area contributed by atoms with E-state index in [9.17, 15) is 0 Å². The average Bonchev–Trinajstić information content (AvgIpc) is 2.65. The van der Waals surface area contributed by atoms with Crippen molar-refractivity contribution in [3.63, 3.8) is 0 Å². The Bertz CT molecular complexity index is 563. The van der Waals surface area contributed by atoms with Crippen molar-refractivity contribution in [2.24, 2.45) is 7.05 Å². The molecule has 0 amide bonds. The van der Waals surface area contributed by atoms with Crippen LogP contribution in [-0.2, 0) is 7.05 Å². The van der Waals surface area contributed by atoms with Gasteiger partial charge in [0.25, 0.3) is 0 Å². The third kappa shape index (κ3) is 2.39. The first-order valence-corrected chi connectivity index (χ1v) is 6.42. The van der Waals surface area contributed by atoms with Crippen LogP contribution in [0.4, 0.5) is 0 Å². The van der Waals surface area contributed by atoms with E-state index >= 15 is 0 Å². The second-order valence-electron chi connectivity index (χ2n) is 4.20. The zero-order valence-electron chi connectivity index (χ0n) is 10.5. The minimum Gasteiger partial charge on any atom is -0.308 e. The highest BCUT2D eigenvalue weighted by molar-refractivity contribution is 6.42. The molecule has 0 bridgehead atoms. The van der Waals surface area contributed by atoms with Crippen LogP contribution in [0.3, 0.4) is 0 Å². The van der Waals surface area contributed by atoms with Crippen molar-refractivity contribution in [3.05, 3.63) is 51.3 Å². The van der Waals surface area contributed by atoms with E-state index in [2.05, 4.69) is 10.4 Å². The normalized spacial score (nSPS) is 12.7. The lowest BCUT2D eigenvalue weighted by atomic mass is 10.0. The molecule has 1 N–H and O–H groups in total. The molecule has 0 aliphatic rings. The third-order valence-corrected chi connectivity index (χ3v) is 3.75. The number of aryl methyl sites for hydroxylation is 2. The van der Waals surface area contributed by atoms with E-state index in [-0.39, 0.29) is 6.04 Å². The summed E-state index contributed by atoms with van der Waals surface area (Å²) in [6.45, 7) is 1.97. The summed E-state index contributed by atoms with van der Waals surface area (Å²) >= 11 is 12.3. The van der Waals surface area contributed by atoms with Crippen molar-refractivity contribution >= 4 is 23.2 Å². The largest absolute Gasteiger partial charge is 0.308 e. The Labute approximate surface area is 117 Å². The van der Waals surface area contributed by atoms with Gasteiger partial charge in [0.2, 0.25) is 0 Å². The maximum Gasteiger partial charge on any atom is 0.0760 e. The second-order valence-corrected chi connectivity index (χ2v) is 4.98. The fourth-order valence-corrected chi connectivity index (χ4v) is 2.52. The molecule has 1 atom stereocenters. The first-order chi connectivity index (χ1) is 8.54. The Morgan fingerprint density at radius 2 is 2.06 bits per heavy atom. The van der Waals surface area contributed by atoms with E-state index in [1.807, 2.05) is 43.9 Å². The van der Waals surface area contributed by atoms with Gasteiger partial charge < -0.3 is 5.32 Å². The molecule has 0 fully saturated rings. The van der Waals surface area contributed by atoms with Crippen LogP contribution in [0.5, 0.6) is 0 Å². The van der Waals surface area contributed by atoms with Crippen molar-refractivity contribution in [2.45, 2.75) is 13.0 Å². The number of halogens is 2. The van der Waals surface area contributed by atoms with Crippen LogP contribution in [0.2, 0.25) is 10.0 Å². The van der Waals surface area contributed by atoms with E-state index in [1.54, 1.807) is 6.07 Å². The highest BCUT2D eigenvalue weighted by Gasteiger charge is 2.20. The quantitative estimate of drug-likeness (QED) is 0.936. The second kappa shape index (κ2) is 5.31. The van der Waals surface area contributed by atoms with E-state index < -0.39 is 0 Å². The van der Waals surface area contributed by atoms with Gasteiger partial charge in [-0.15, -0.1) is 0 Å². The predicted octanol–water partition coefficient (Wildman–Crippen LogP) is 3.34. The Hall–Kier alpha value is -1.03. The predicted molar refractivity (Wildman–Crippen MR) is 75.3 cm³/mol. The number of benzene rings is 1. The van der Waals surface area contributed by atoms with Gasteiger partial charge in [0.15, 0.2) is 0 Å².